The van der Waals surface area contributed by atoms with Crippen LogP contribution in [0.1, 0.15) is 1.37 Å². The average Bonchev–Trinajstić information content (AvgIpc) is 2.25. The van der Waals surface area contributed by atoms with Gasteiger partial charge in [-0.25, -0.2) is 0 Å². The molecule has 0 saturated carbocycles. The van der Waals surface area contributed by atoms with Gasteiger partial charge in [-0.05, 0) is 0 Å². The molecule has 0 aromatic heterocycles. The van der Waals surface area contributed by atoms with Gasteiger partial charge in [0.1, 0.15) is 18.3 Å². The Bertz CT molecular complexity index is 158. The summed E-state index contributed by atoms with van der Waals surface area (Å²) in [6.45, 7) is -0.531. The van der Waals surface area contributed by atoms with Gasteiger partial charge in [0.25, 0.3) is 0 Å². The highest BCUT2D eigenvalue weighted by Gasteiger charge is 2.42. The zero-order valence-corrected chi connectivity index (χ0v) is 6.10. The van der Waals surface area contributed by atoms with E-state index in [-0.39, 0.29) is 0 Å². The molecule has 0 amide bonds. The molecule has 5 nitrogen and oxygen atoms in total. The largest absolute Gasteiger partial charge is 0.394 e. The highest BCUT2D eigenvalue weighted by Crippen LogP contribution is 2.20. The zero-order valence-electron chi connectivity index (χ0n) is 7.10. The highest BCUT2D eigenvalue weighted by atomic mass is 16.7. The molecule has 0 radical (unpaired) electrons. The molecule has 1 unspecified atom stereocenters. The second-order valence-electron chi connectivity index (χ2n) is 2.28. The Labute approximate surface area is 65.6 Å². The first-order valence-electron chi connectivity index (χ1n) is 3.73. The molecule has 1 fully saturated rings. The van der Waals surface area contributed by atoms with Crippen molar-refractivity contribution in [3.8, 4) is 0 Å². The van der Waals surface area contributed by atoms with Gasteiger partial charge < -0.3 is 24.8 Å². The number of ether oxygens (including phenoxy) is 2. The van der Waals surface area contributed by atoms with Crippen molar-refractivity contribution in [2.24, 2.45) is 0 Å². The van der Waals surface area contributed by atoms with Crippen LogP contribution in [0.15, 0.2) is 0 Å². The van der Waals surface area contributed by atoms with Crippen LogP contribution in [0.2, 0.25) is 0 Å². The summed E-state index contributed by atoms with van der Waals surface area (Å²) in [5.41, 5.74) is 0. The summed E-state index contributed by atoms with van der Waals surface area (Å²) in [6.07, 6.45) is -5.84. The van der Waals surface area contributed by atoms with Gasteiger partial charge >= 0.3 is 0 Å². The van der Waals surface area contributed by atoms with Gasteiger partial charge in [-0.2, -0.15) is 0 Å². The summed E-state index contributed by atoms with van der Waals surface area (Å²) < 4.78 is 16.7. The number of aliphatic hydroxyl groups excluding tert-OH is 2. The van der Waals surface area contributed by atoms with Crippen molar-refractivity contribution < 1.29 is 26.2 Å². The predicted octanol–water partition coefficient (Wildman–Crippen LogP) is -1.93. The van der Waals surface area contributed by atoms with E-state index in [4.69, 9.17) is 11.2 Å². The summed E-state index contributed by atoms with van der Waals surface area (Å²) in [6, 6.07) is 0. The molecule has 0 aliphatic carbocycles. The average molecular weight is 165 g/mol. The monoisotopic (exact) mass is 165 g/mol. The molecular formula is C6H12O5. The number of methoxy groups -OCH3 is 1. The van der Waals surface area contributed by atoms with E-state index >= 15 is 0 Å². The van der Waals surface area contributed by atoms with Crippen molar-refractivity contribution in [1.29, 1.82) is 0 Å². The summed E-state index contributed by atoms with van der Waals surface area (Å²) in [5, 5.41) is 27.2. The van der Waals surface area contributed by atoms with E-state index in [9.17, 15) is 10.2 Å². The predicted molar refractivity (Wildman–Crippen MR) is 34.8 cm³/mol. The fraction of sp³-hybridized carbons (Fsp3) is 1.00. The normalized spacial score (nSPS) is 52.7. The summed E-state index contributed by atoms with van der Waals surface area (Å²) in [5.74, 6) is 0. The van der Waals surface area contributed by atoms with E-state index in [0.29, 0.717) is 0 Å². The lowest BCUT2D eigenvalue weighted by atomic mass is 10.1. The first kappa shape index (κ1) is 7.45. The lowest BCUT2D eigenvalue weighted by molar-refractivity contribution is -0.153. The van der Waals surface area contributed by atoms with E-state index in [2.05, 4.69) is 4.74 Å². The number of aliphatic hydroxyl groups is 3. The summed E-state index contributed by atoms with van der Waals surface area (Å²) in [4.78, 5) is 0. The Hall–Kier alpha value is -0.200. The third kappa shape index (κ3) is 1.52. The van der Waals surface area contributed by atoms with Gasteiger partial charge in [-0.1, -0.05) is 0 Å². The number of rotatable bonds is 2. The van der Waals surface area contributed by atoms with Crippen LogP contribution >= 0.6 is 0 Å². The molecule has 1 heterocycles. The Morgan fingerprint density at radius 1 is 1.64 bits per heavy atom. The van der Waals surface area contributed by atoms with Gasteiger partial charge in [-0.3, -0.25) is 0 Å². The second-order valence-corrected chi connectivity index (χ2v) is 2.28. The molecule has 4 atom stereocenters. The molecule has 1 aliphatic heterocycles. The molecular weight excluding hydrogens is 152 g/mol. The van der Waals surface area contributed by atoms with Crippen LogP contribution in [0.3, 0.4) is 0 Å². The van der Waals surface area contributed by atoms with E-state index < -0.39 is 31.2 Å². The smallest absolute Gasteiger partial charge is 0.186 e. The Morgan fingerprint density at radius 3 is 2.55 bits per heavy atom. The van der Waals surface area contributed by atoms with Crippen molar-refractivity contribution in [1.82, 2.24) is 0 Å². The lowest BCUT2D eigenvalue weighted by Crippen LogP contribution is -2.34. The molecule has 3 N–H and O–H groups in total. The maximum atomic E-state index is 9.28. The Balaban J connectivity index is 2.73. The van der Waals surface area contributed by atoms with Gasteiger partial charge in [0.15, 0.2) is 6.29 Å². The van der Waals surface area contributed by atoms with Crippen molar-refractivity contribution in [3.05, 3.63) is 0 Å². The van der Waals surface area contributed by atoms with Crippen molar-refractivity contribution >= 4 is 0 Å². The van der Waals surface area contributed by atoms with Crippen LogP contribution in [0.5, 0.6) is 0 Å². The fourth-order valence-corrected chi connectivity index (χ4v) is 0.957. The summed E-state index contributed by atoms with van der Waals surface area (Å²) in [7, 11) is 1.28. The van der Waals surface area contributed by atoms with E-state index in [1.54, 1.807) is 0 Å². The van der Waals surface area contributed by atoms with E-state index in [1.165, 1.54) is 7.11 Å². The van der Waals surface area contributed by atoms with Crippen molar-refractivity contribution in [2.45, 2.75) is 24.6 Å². The van der Waals surface area contributed by atoms with Crippen LogP contribution in [0.4, 0.5) is 0 Å². The van der Waals surface area contributed by atoms with Crippen LogP contribution in [0, 0.1) is 0 Å². The van der Waals surface area contributed by atoms with E-state index in [0.717, 1.165) is 0 Å². The highest BCUT2D eigenvalue weighted by molar-refractivity contribution is 4.85. The van der Waals surface area contributed by atoms with Gasteiger partial charge in [-0.15, -0.1) is 0 Å². The zero-order chi connectivity index (χ0) is 9.35. The molecule has 0 aromatic rings. The molecule has 0 spiro atoms. The third-order valence-corrected chi connectivity index (χ3v) is 1.59. The molecule has 0 aromatic carbocycles. The maximum Gasteiger partial charge on any atom is 0.186 e. The fourth-order valence-electron chi connectivity index (χ4n) is 0.957. The van der Waals surface area contributed by atoms with Gasteiger partial charge in [0.05, 0.1) is 7.98 Å². The Morgan fingerprint density at radius 2 is 2.27 bits per heavy atom. The summed E-state index contributed by atoms with van der Waals surface area (Å²) >= 11 is 0. The maximum absolute atomic E-state index is 9.28. The van der Waals surface area contributed by atoms with E-state index in [1.807, 2.05) is 0 Å². The Kier molecular flexibility index (Phi) is 2.35. The van der Waals surface area contributed by atoms with Crippen molar-refractivity contribution in [3.63, 3.8) is 0 Å². The molecule has 1 rings (SSSR count). The lowest BCUT2D eigenvalue weighted by Gasteiger charge is -2.11. The van der Waals surface area contributed by atoms with Gasteiger partial charge in [0, 0.05) is 7.11 Å². The minimum absolute atomic E-state index is 0.531. The van der Waals surface area contributed by atoms with Crippen molar-refractivity contribution in [2.75, 3.05) is 13.7 Å². The number of hydrogen-bond donors (Lipinski definition) is 3. The van der Waals surface area contributed by atoms with Gasteiger partial charge in [0.2, 0.25) is 0 Å². The van der Waals surface area contributed by atoms with Crippen LogP contribution in [-0.4, -0.2) is 53.6 Å². The minimum Gasteiger partial charge on any atom is -0.394 e. The standard InChI is InChI=1S/C6H12O5/c1-10-6-5(9)4(8)3(2-7)11-6/h3-9H,2H2,1H3/t3-,4-,5-,6?/m1/s1/i4D. The van der Waals surface area contributed by atoms with Crippen LogP contribution in [0.25, 0.3) is 0 Å². The van der Waals surface area contributed by atoms with Crippen LogP contribution < -0.4 is 0 Å². The topological polar surface area (TPSA) is 79.2 Å². The first-order valence-corrected chi connectivity index (χ1v) is 3.23. The minimum atomic E-state index is -2.20. The third-order valence-electron chi connectivity index (χ3n) is 1.59. The molecule has 0 bridgehead atoms. The molecule has 66 valence electrons. The molecule has 5 heteroatoms. The molecule has 1 saturated heterocycles. The molecule has 11 heavy (non-hydrogen) atoms. The SMILES string of the molecule is [2H][C@@]1(O)[C@@H](CO)OC(OC)[C@@H]1O. The number of hydrogen-bond acceptors (Lipinski definition) is 5. The quantitative estimate of drug-likeness (QED) is 0.444. The first-order chi connectivity index (χ1) is 5.54. The molecule has 1 aliphatic rings. The van der Waals surface area contributed by atoms with Crippen LogP contribution in [-0.2, 0) is 9.47 Å². The second kappa shape index (κ2) is 3.46.